The molecule has 2 atom stereocenters. The summed E-state index contributed by atoms with van der Waals surface area (Å²) in [5.41, 5.74) is 0.905. The van der Waals surface area contributed by atoms with Gasteiger partial charge in [0.25, 0.3) is 0 Å². The van der Waals surface area contributed by atoms with Crippen LogP contribution in [0.5, 0.6) is 0 Å². The summed E-state index contributed by atoms with van der Waals surface area (Å²) >= 11 is 0. The maximum atomic E-state index is 15.1. The molecule has 2 saturated heterocycles. The molecular formula is C14H18FN. The molecule has 1 N–H and O–H groups in total. The summed E-state index contributed by atoms with van der Waals surface area (Å²) in [6.45, 7) is 2.01. The number of piperidine rings is 1. The Kier molecular flexibility index (Phi) is 2.28. The average molecular weight is 219 g/mol. The van der Waals surface area contributed by atoms with Crippen LogP contribution in [0.15, 0.2) is 24.3 Å². The van der Waals surface area contributed by atoms with Crippen LogP contribution in [0.25, 0.3) is 0 Å². The van der Waals surface area contributed by atoms with Crippen molar-refractivity contribution in [2.45, 2.75) is 50.4 Å². The number of benzene rings is 1. The second-order valence-corrected chi connectivity index (χ2v) is 5.33. The predicted octanol–water partition coefficient (Wildman–Crippen LogP) is 3.07. The lowest BCUT2D eigenvalue weighted by Crippen LogP contribution is -2.44. The van der Waals surface area contributed by atoms with E-state index in [9.17, 15) is 0 Å². The van der Waals surface area contributed by atoms with Gasteiger partial charge in [0.2, 0.25) is 0 Å². The van der Waals surface area contributed by atoms with Crippen molar-refractivity contribution < 1.29 is 4.39 Å². The van der Waals surface area contributed by atoms with E-state index in [1.54, 1.807) is 0 Å². The fourth-order valence-electron chi connectivity index (χ4n) is 3.38. The quantitative estimate of drug-likeness (QED) is 0.765. The number of halogens is 1. The van der Waals surface area contributed by atoms with Gasteiger partial charge in [0, 0.05) is 24.9 Å². The molecule has 3 rings (SSSR count). The van der Waals surface area contributed by atoms with Crippen LogP contribution in [0.1, 0.15) is 36.8 Å². The molecule has 0 spiro atoms. The highest BCUT2D eigenvalue weighted by Gasteiger charge is 2.45. The van der Waals surface area contributed by atoms with Gasteiger partial charge in [-0.05, 0) is 30.9 Å². The lowest BCUT2D eigenvalue weighted by molar-refractivity contribution is 0.0867. The van der Waals surface area contributed by atoms with Crippen molar-refractivity contribution in [1.82, 2.24) is 5.32 Å². The van der Waals surface area contributed by atoms with E-state index in [4.69, 9.17) is 0 Å². The van der Waals surface area contributed by atoms with Crippen molar-refractivity contribution in [3.8, 4) is 0 Å². The van der Waals surface area contributed by atoms with Gasteiger partial charge in [0.1, 0.15) is 5.67 Å². The van der Waals surface area contributed by atoms with Crippen molar-refractivity contribution in [3.05, 3.63) is 35.4 Å². The summed E-state index contributed by atoms with van der Waals surface area (Å²) in [5.74, 6) is 0. The Morgan fingerprint density at radius 3 is 2.44 bits per heavy atom. The van der Waals surface area contributed by atoms with Gasteiger partial charge < -0.3 is 5.32 Å². The number of fused-ring (bicyclic) bond motifs is 2. The van der Waals surface area contributed by atoms with Crippen molar-refractivity contribution >= 4 is 0 Å². The zero-order valence-corrected chi connectivity index (χ0v) is 9.67. The largest absolute Gasteiger partial charge is 0.311 e. The molecule has 2 fully saturated rings. The molecule has 1 aromatic rings. The van der Waals surface area contributed by atoms with Gasteiger partial charge in [-0.25, -0.2) is 4.39 Å². The highest BCUT2D eigenvalue weighted by atomic mass is 19.1. The second kappa shape index (κ2) is 3.56. The summed E-state index contributed by atoms with van der Waals surface area (Å²) in [6, 6.07) is 8.69. The third-order valence-corrected chi connectivity index (χ3v) is 4.10. The van der Waals surface area contributed by atoms with E-state index in [2.05, 4.69) is 5.32 Å². The molecule has 1 aromatic carbocycles. The standard InChI is InChI=1S/C14H18FN/c1-10-4-2-3-5-13(10)14(15)8-11-6-7-12(9-14)16-11/h2-5,11-12,16H,6-9H2,1H3. The lowest BCUT2D eigenvalue weighted by Gasteiger charge is -2.36. The van der Waals surface area contributed by atoms with Gasteiger partial charge in [-0.15, -0.1) is 0 Å². The molecule has 16 heavy (non-hydrogen) atoms. The summed E-state index contributed by atoms with van der Waals surface area (Å²) in [5, 5.41) is 3.49. The first kappa shape index (κ1) is 10.3. The highest BCUT2D eigenvalue weighted by Crippen LogP contribution is 2.44. The molecule has 2 heterocycles. The molecule has 0 aromatic heterocycles. The van der Waals surface area contributed by atoms with Crippen LogP contribution in [0.3, 0.4) is 0 Å². The Hall–Kier alpha value is -0.890. The second-order valence-electron chi connectivity index (χ2n) is 5.33. The maximum absolute atomic E-state index is 15.1. The normalized spacial score (nSPS) is 37.6. The molecule has 2 heteroatoms. The van der Waals surface area contributed by atoms with E-state index < -0.39 is 5.67 Å². The zero-order chi connectivity index (χ0) is 11.2. The SMILES string of the molecule is Cc1ccccc1C1(F)CC2CCC(C1)N2. The van der Waals surface area contributed by atoms with E-state index in [0.717, 1.165) is 24.0 Å². The molecule has 86 valence electrons. The molecule has 0 radical (unpaired) electrons. The minimum absolute atomic E-state index is 0.392. The van der Waals surface area contributed by atoms with Crippen molar-refractivity contribution in [2.75, 3.05) is 0 Å². The monoisotopic (exact) mass is 219 g/mol. The van der Waals surface area contributed by atoms with E-state index in [1.165, 1.54) is 0 Å². The minimum atomic E-state index is -1.09. The fourth-order valence-corrected chi connectivity index (χ4v) is 3.38. The summed E-state index contributed by atoms with van der Waals surface area (Å²) in [7, 11) is 0. The molecule has 2 bridgehead atoms. The van der Waals surface area contributed by atoms with Gasteiger partial charge >= 0.3 is 0 Å². The molecule has 0 amide bonds. The van der Waals surface area contributed by atoms with Gasteiger partial charge in [-0.3, -0.25) is 0 Å². The van der Waals surface area contributed by atoms with E-state index >= 15 is 4.39 Å². The number of hydrogen-bond donors (Lipinski definition) is 1. The zero-order valence-electron chi connectivity index (χ0n) is 9.67. The molecule has 0 saturated carbocycles. The van der Waals surface area contributed by atoms with E-state index in [-0.39, 0.29) is 0 Å². The van der Waals surface area contributed by atoms with Crippen molar-refractivity contribution in [2.24, 2.45) is 0 Å². The van der Waals surface area contributed by atoms with Gasteiger partial charge in [-0.2, -0.15) is 0 Å². The topological polar surface area (TPSA) is 12.0 Å². The number of alkyl halides is 1. The molecular weight excluding hydrogens is 201 g/mol. The van der Waals surface area contributed by atoms with Crippen LogP contribution in [0.4, 0.5) is 4.39 Å². The van der Waals surface area contributed by atoms with E-state index in [1.807, 2.05) is 31.2 Å². The highest BCUT2D eigenvalue weighted by molar-refractivity contribution is 5.32. The Labute approximate surface area is 96.1 Å². The number of aryl methyl sites for hydroxylation is 1. The van der Waals surface area contributed by atoms with Crippen LogP contribution in [-0.4, -0.2) is 12.1 Å². The lowest BCUT2D eigenvalue weighted by atomic mass is 9.81. The average Bonchev–Trinajstić information content (AvgIpc) is 2.59. The van der Waals surface area contributed by atoms with E-state index in [0.29, 0.717) is 24.9 Å². The maximum Gasteiger partial charge on any atom is 0.139 e. The number of hydrogen-bond acceptors (Lipinski definition) is 1. The molecule has 1 nitrogen and oxygen atoms in total. The van der Waals surface area contributed by atoms with Crippen LogP contribution < -0.4 is 5.32 Å². The van der Waals surface area contributed by atoms with Crippen molar-refractivity contribution in [3.63, 3.8) is 0 Å². The smallest absolute Gasteiger partial charge is 0.139 e. The third kappa shape index (κ3) is 1.56. The van der Waals surface area contributed by atoms with Gasteiger partial charge in [-0.1, -0.05) is 24.3 Å². The number of nitrogens with one attached hydrogen (secondary N) is 1. The van der Waals surface area contributed by atoms with Crippen LogP contribution in [0.2, 0.25) is 0 Å². The number of rotatable bonds is 1. The predicted molar refractivity (Wildman–Crippen MR) is 63.1 cm³/mol. The molecule has 2 aliphatic rings. The Bertz CT molecular complexity index is 389. The Balaban J connectivity index is 1.96. The van der Waals surface area contributed by atoms with Crippen LogP contribution in [-0.2, 0) is 5.67 Å². The van der Waals surface area contributed by atoms with Crippen LogP contribution in [0, 0.1) is 6.92 Å². The first-order valence-corrected chi connectivity index (χ1v) is 6.18. The Morgan fingerprint density at radius 2 is 1.81 bits per heavy atom. The Morgan fingerprint density at radius 1 is 1.19 bits per heavy atom. The first-order valence-electron chi connectivity index (χ1n) is 6.18. The summed E-state index contributed by atoms with van der Waals surface area (Å²) in [6.07, 6.45) is 3.58. The summed E-state index contributed by atoms with van der Waals surface area (Å²) in [4.78, 5) is 0. The first-order chi connectivity index (χ1) is 7.67. The molecule has 2 aliphatic heterocycles. The molecule has 2 unspecified atom stereocenters. The van der Waals surface area contributed by atoms with Crippen molar-refractivity contribution in [1.29, 1.82) is 0 Å². The van der Waals surface area contributed by atoms with Crippen LogP contribution >= 0.6 is 0 Å². The van der Waals surface area contributed by atoms with Gasteiger partial charge in [0.05, 0.1) is 0 Å². The minimum Gasteiger partial charge on any atom is -0.311 e. The fraction of sp³-hybridized carbons (Fsp3) is 0.571. The third-order valence-electron chi connectivity index (χ3n) is 4.10. The molecule has 0 aliphatic carbocycles. The van der Waals surface area contributed by atoms with Gasteiger partial charge in [0.15, 0.2) is 0 Å². The summed E-state index contributed by atoms with van der Waals surface area (Å²) < 4.78 is 15.1.